The average molecular weight is 287 g/mol. The zero-order valence-electron chi connectivity index (χ0n) is 11.8. The maximum Gasteiger partial charge on any atom is 0.299 e. The zero-order chi connectivity index (χ0) is 15.1. The molecular formula is C15H17N3O3. The number of piperidine rings is 1. The molecule has 0 aromatic heterocycles. The summed E-state index contributed by atoms with van der Waals surface area (Å²) in [5, 5.41) is 0. The first-order valence-corrected chi connectivity index (χ1v) is 6.99. The molecule has 1 fully saturated rings. The zero-order valence-corrected chi connectivity index (χ0v) is 11.8. The number of amides is 2. The largest absolute Gasteiger partial charge is 0.371 e. The van der Waals surface area contributed by atoms with Crippen LogP contribution in [-0.2, 0) is 9.59 Å². The van der Waals surface area contributed by atoms with Crippen LogP contribution in [0.5, 0.6) is 0 Å². The van der Waals surface area contributed by atoms with Crippen LogP contribution in [0.1, 0.15) is 23.2 Å². The number of hydrogen-bond donors (Lipinski definition) is 1. The molecule has 1 atom stereocenters. The topological polar surface area (TPSA) is 83.7 Å². The van der Waals surface area contributed by atoms with Gasteiger partial charge < -0.3 is 15.5 Å². The Morgan fingerprint density at radius 2 is 2.10 bits per heavy atom. The molecule has 0 radical (unpaired) electrons. The highest BCUT2D eigenvalue weighted by Gasteiger charge is 2.34. The summed E-state index contributed by atoms with van der Waals surface area (Å²) in [5.41, 5.74) is 7.37. The second kappa shape index (κ2) is 4.87. The van der Waals surface area contributed by atoms with Crippen LogP contribution < -0.4 is 15.5 Å². The van der Waals surface area contributed by atoms with Gasteiger partial charge in [-0.05, 0) is 31.0 Å². The third kappa shape index (κ3) is 2.16. The van der Waals surface area contributed by atoms with Gasteiger partial charge in [-0.2, -0.15) is 0 Å². The molecule has 1 unspecified atom stereocenters. The molecule has 6 heteroatoms. The van der Waals surface area contributed by atoms with Gasteiger partial charge in [0.1, 0.15) is 0 Å². The van der Waals surface area contributed by atoms with Gasteiger partial charge in [0.2, 0.25) is 5.91 Å². The smallest absolute Gasteiger partial charge is 0.299 e. The molecule has 2 aliphatic heterocycles. The Balaban J connectivity index is 1.90. The molecule has 6 nitrogen and oxygen atoms in total. The van der Waals surface area contributed by atoms with E-state index in [1.807, 2.05) is 12.1 Å². The van der Waals surface area contributed by atoms with E-state index in [0.29, 0.717) is 17.8 Å². The number of carbonyl (C=O) groups excluding carboxylic acids is 3. The van der Waals surface area contributed by atoms with Gasteiger partial charge in [-0.25, -0.2) is 0 Å². The van der Waals surface area contributed by atoms with E-state index in [2.05, 4.69) is 4.90 Å². The van der Waals surface area contributed by atoms with Gasteiger partial charge in [0.15, 0.2) is 0 Å². The third-order valence-corrected chi connectivity index (χ3v) is 4.28. The Morgan fingerprint density at radius 3 is 2.81 bits per heavy atom. The van der Waals surface area contributed by atoms with Crippen molar-refractivity contribution in [1.29, 1.82) is 0 Å². The fourth-order valence-corrected chi connectivity index (χ4v) is 3.01. The Morgan fingerprint density at radius 1 is 1.33 bits per heavy atom. The number of rotatable bonds is 2. The summed E-state index contributed by atoms with van der Waals surface area (Å²) in [4.78, 5) is 38.3. The maximum absolute atomic E-state index is 11.8. The van der Waals surface area contributed by atoms with Crippen molar-refractivity contribution in [3.05, 3.63) is 23.8 Å². The number of nitrogens with zero attached hydrogens (tertiary/aromatic N) is 2. The summed E-state index contributed by atoms with van der Waals surface area (Å²) in [7, 11) is 1.60. The third-order valence-electron chi connectivity index (χ3n) is 4.28. The number of hydrogen-bond acceptors (Lipinski definition) is 4. The number of anilines is 2. The van der Waals surface area contributed by atoms with Crippen LogP contribution in [0.4, 0.5) is 11.4 Å². The molecule has 3 rings (SSSR count). The molecule has 2 N–H and O–H groups in total. The fraction of sp³-hybridized carbons (Fsp3) is 0.400. The highest BCUT2D eigenvalue weighted by atomic mass is 16.2. The Kier molecular flexibility index (Phi) is 3.16. The van der Waals surface area contributed by atoms with E-state index in [-0.39, 0.29) is 11.8 Å². The lowest BCUT2D eigenvalue weighted by Crippen LogP contribution is -2.41. The molecule has 21 heavy (non-hydrogen) atoms. The molecule has 0 saturated carbocycles. The van der Waals surface area contributed by atoms with Crippen molar-refractivity contribution >= 4 is 29.0 Å². The number of carbonyl (C=O) groups is 3. The van der Waals surface area contributed by atoms with Crippen LogP contribution in [0.15, 0.2) is 18.2 Å². The second-order valence-corrected chi connectivity index (χ2v) is 5.58. The lowest BCUT2D eigenvalue weighted by atomic mass is 9.97. The summed E-state index contributed by atoms with van der Waals surface area (Å²) in [5.74, 6) is -1.39. The van der Waals surface area contributed by atoms with Crippen molar-refractivity contribution in [2.75, 3.05) is 29.9 Å². The number of nitrogens with two attached hydrogens (primary N) is 1. The van der Waals surface area contributed by atoms with Gasteiger partial charge in [0.05, 0.1) is 17.2 Å². The van der Waals surface area contributed by atoms with Crippen LogP contribution in [-0.4, -0.2) is 37.7 Å². The van der Waals surface area contributed by atoms with Crippen LogP contribution in [0.3, 0.4) is 0 Å². The highest BCUT2D eigenvalue weighted by molar-refractivity contribution is 6.52. The average Bonchev–Trinajstić information content (AvgIpc) is 2.72. The molecule has 2 amide bonds. The summed E-state index contributed by atoms with van der Waals surface area (Å²) in [6, 6.07) is 5.34. The Bertz CT molecular complexity index is 641. The molecule has 0 bridgehead atoms. The number of benzene rings is 1. The van der Waals surface area contributed by atoms with Gasteiger partial charge in [-0.3, -0.25) is 14.4 Å². The van der Waals surface area contributed by atoms with Crippen LogP contribution in [0.25, 0.3) is 0 Å². The molecule has 1 aromatic rings. The second-order valence-electron chi connectivity index (χ2n) is 5.58. The number of primary amides is 1. The van der Waals surface area contributed by atoms with Gasteiger partial charge >= 0.3 is 0 Å². The van der Waals surface area contributed by atoms with Crippen molar-refractivity contribution in [1.82, 2.24) is 0 Å². The van der Waals surface area contributed by atoms with Crippen LogP contribution >= 0.6 is 0 Å². The number of fused-ring (bicyclic) bond motifs is 1. The van der Waals surface area contributed by atoms with E-state index in [4.69, 9.17) is 5.73 Å². The van der Waals surface area contributed by atoms with Gasteiger partial charge in [0, 0.05) is 25.8 Å². The van der Waals surface area contributed by atoms with Gasteiger partial charge in [-0.15, -0.1) is 0 Å². The van der Waals surface area contributed by atoms with E-state index in [9.17, 15) is 14.4 Å². The predicted octanol–water partition coefficient (Wildman–Crippen LogP) is 0.547. The molecule has 2 aliphatic rings. The molecule has 0 spiro atoms. The minimum Gasteiger partial charge on any atom is -0.371 e. The van der Waals surface area contributed by atoms with Gasteiger partial charge in [-0.1, -0.05) is 0 Å². The lowest BCUT2D eigenvalue weighted by molar-refractivity contribution is -0.122. The van der Waals surface area contributed by atoms with Crippen LogP contribution in [0, 0.1) is 5.92 Å². The molecule has 110 valence electrons. The van der Waals surface area contributed by atoms with Crippen LogP contribution in [0.2, 0.25) is 0 Å². The first kappa shape index (κ1) is 13.6. The Labute approximate surface area is 122 Å². The normalized spacial score (nSPS) is 21.7. The van der Waals surface area contributed by atoms with E-state index in [0.717, 1.165) is 25.1 Å². The summed E-state index contributed by atoms with van der Waals surface area (Å²) < 4.78 is 0. The molecule has 1 aromatic carbocycles. The lowest BCUT2D eigenvalue weighted by Gasteiger charge is -2.33. The summed E-state index contributed by atoms with van der Waals surface area (Å²) in [6.07, 6.45) is 1.71. The first-order valence-electron chi connectivity index (χ1n) is 6.99. The standard InChI is InChI=1S/C15H17N3O3/c1-17-12-7-10(4-5-11(12)13(19)15(17)21)18-6-2-3-9(8-18)14(16)20/h4-5,7,9H,2-3,6,8H2,1H3,(H2,16,20). The van der Waals surface area contributed by atoms with Crippen molar-refractivity contribution in [3.8, 4) is 0 Å². The molecule has 1 saturated heterocycles. The summed E-state index contributed by atoms with van der Waals surface area (Å²) >= 11 is 0. The van der Waals surface area contributed by atoms with E-state index in [1.54, 1.807) is 13.1 Å². The van der Waals surface area contributed by atoms with Crippen molar-refractivity contribution in [3.63, 3.8) is 0 Å². The molecule has 2 heterocycles. The maximum atomic E-state index is 11.8. The van der Waals surface area contributed by atoms with E-state index in [1.165, 1.54) is 4.90 Å². The monoisotopic (exact) mass is 287 g/mol. The van der Waals surface area contributed by atoms with E-state index < -0.39 is 11.7 Å². The summed E-state index contributed by atoms with van der Waals surface area (Å²) in [6.45, 7) is 1.42. The molecule has 0 aliphatic carbocycles. The van der Waals surface area contributed by atoms with Gasteiger partial charge in [0.25, 0.3) is 11.7 Å². The number of likely N-dealkylation sites (N-methyl/N-ethyl adjacent to an activating group) is 1. The quantitative estimate of drug-likeness (QED) is 0.805. The highest BCUT2D eigenvalue weighted by Crippen LogP contribution is 2.33. The number of Topliss-reactive ketones (excluding diaryl/α,β-unsaturated/α-hetero) is 1. The first-order chi connectivity index (χ1) is 9.99. The minimum atomic E-state index is -0.504. The minimum absolute atomic E-state index is 0.145. The number of ketones is 1. The SMILES string of the molecule is CN1C(=O)C(=O)c2ccc(N3CCCC(C(N)=O)C3)cc21. The fourth-order valence-electron chi connectivity index (χ4n) is 3.01. The van der Waals surface area contributed by atoms with Crippen molar-refractivity contribution < 1.29 is 14.4 Å². The van der Waals surface area contributed by atoms with Crippen molar-refractivity contribution in [2.24, 2.45) is 11.7 Å². The molecular weight excluding hydrogens is 270 g/mol. The van der Waals surface area contributed by atoms with Crippen molar-refractivity contribution in [2.45, 2.75) is 12.8 Å². The Hall–Kier alpha value is -2.37. The predicted molar refractivity (Wildman–Crippen MR) is 78.3 cm³/mol. The van der Waals surface area contributed by atoms with E-state index >= 15 is 0 Å².